The molecule has 0 aromatic heterocycles. The van der Waals surface area contributed by atoms with Crippen LogP contribution in [0.15, 0.2) is 0 Å². The summed E-state index contributed by atoms with van der Waals surface area (Å²) in [6, 6.07) is 0.0436. The number of piperidine rings is 1. The number of ether oxygens (including phenoxy) is 1. The quantitative estimate of drug-likeness (QED) is 0.677. The van der Waals surface area contributed by atoms with Crippen LogP contribution in [0.3, 0.4) is 0 Å². The predicted molar refractivity (Wildman–Crippen MR) is 70.5 cm³/mol. The van der Waals surface area contributed by atoms with Crippen LogP contribution in [0.4, 0.5) is 0 Å². The molecule has 104 valence electrons. The minimum Gasteiger partial charge on any atom is -0.379 e. The van der Waals surface area contributed by atoms with E-state index in [4.69, 9.17) is 4.74 Å². The van der Waals surface area contributed by atoms with E-state index in [0.29, 0.717) is 0 Å². The van der Waals surface area contributed by atoms with Crippen LogP contribution in [0.5, 0.6) is 0 Å². The van der Waals surface area contributed by atoms with Crippen LogP contribution in [0.1, 0.15) is 25.7 Å². The SMILES string of the molecule is O=C(NCCCN1CCOCC1)[C@@H]1CCCCN1. The summed E-state index contributed by atoms with van der Waals surface area (Å²) in [5.74, 6) is 0.177. The molecule has 2 aliphatic rings. The second-order valence-corrected chi connectivity index (χ2v) is 5.10. The van der Waals surface area contributed by atoms with Crippen LogP contribution < -0.4 is 10.6 Å². The third kappa shape index (κ3) is 4.55. The molecule has 2 fully saturated rings. The van der Waals surface area contributed by atoms with Gasteiger partial charge >= 0.3 is 0 Å². The fourth-order valence-electron chi connectivity index (χ4n) is 2.54. The summed E-state index contributed by atoms with van der Waals surface area (Å²) in [4.78, 5) is 14.2. The third-order valence-electron chi connectivity index (χ3n) is 3.68. The molecule has 0 aliphatic carbocycles. The van der Waals surface area contributed by atoms with Gasteiger partial charge in [0.25, 0.3) is 0 Å². The van der Waals surface area contributed by atoms with E-state index in [1.54, 1.807) is 0 Å². The van der Waals surface area contributed by atoms with Crippen molar-refractivity contribution in [3.8, 4) is 0 Å². The van der Waals surface area contributed by atoms with Crippen molar-refractivity contribution < 1.29 is 9.53 Å². The molecule has 5 heteroatoms. The van der Waals surface area contributed by atoms with E-state index in [9.17, 15) is 4.79 Å². The highest BCUT2D eigenvalue weighted by Crippen LogP contribution is 2.06. The monoisotopic (exact) mass is 255 g/mol. The minimum absolute atomic E-state index is 0.0436. The van der Waals surface area contributed by atoms with Gasteiger partial charge in [-0.3, -0.25) is 9.69 Å². The maximum Gasteiger partial charge on any atom is 0.237 e. The summed E-state index contributed by atoms with van der Waals surface area (Å²) in [6.07, 6.45) is 4.37. The molecule has 1 amide bonds. The lowest BCUT2D eigenvalue weighted by Crippen LogP contribution is -2.47. The normalized spacial score (nSPS) is 25.9. The summed E-state index contributed by atoms with van der Waals surface area (Å²) in [5, 5.41) is 6.30. The Labute approximate surface area is 109 Å². The Balaban J connectivity index is 1.52. The molecule has 0 aromatic rings. The van der Waals surface area contributed by atoms with Crippen LogP contribution >= 0.6 is 0 Å². The Hall–Kier alpha value is -0.650. The van der Waals surface area contributed by atoms with Gasteiger partial charge in [-0.1, -0.05) is 6.42 Å². The molecular formula is C13H25N3O2. The van der Waals surface area contributed by atoms with Crippen molar-refractivity contribution in [2.45, 2.75) is 31.7 Å². The summed E-state index contributed by atoms with van der Waals surface area (Å²) in [6.45, 7) is 6.56. The third-order valence-corrected chi connectivity index (χ3v) is 3.68. The van der Waals surface area contributed by atoms with Gasteiger partial charge in [0, 0.05) is 19.6 Å². The fourth-order valence-corrected chi connectivity index (χ4v) is 2.54. The average molecular weight is 255 g/mol. The number of morpholine rings is 1. The van der Waals surface area contributed by atoms with E-state index in [1.165, 1.54) is 12.8 Å². The van der Waals surface area contributed by atoms with Crippen LogP contribution in [0.25, 0.3) is 0 Å². The van der Waals surface area contributed by atoms with E-state index in [2.05, 4.69) is 15.5 Å². The van der Waals surface area contributed by atoms with Gasteiger partial charge in [-0.25, -0.2) is 0 Å². The largest absolute Gasteiger partial charge is 0.379 e. The van der Waals surface area contributed by atoms with Gasteiger partial charge in [0.1, 0.15) is 0 Å². The molecule has 2 rings (SSSR count). The lowest BCUT2D eigenvalue weighted by atomic mass is 10.0. The molecule has 0 bridgehead atoms. The van der Waals surface area contributed by atoms with Gasteiger partial charge in [0.15, 0.2) is 0 Å². The summed E-state index contributed by atoms with van der Waals surface area (Å²) in [5.41, 5.74) is 0. The molecule has 0 saturated carbocycles. The highest BCUT2D eigenvalue weighted by atomic mass is 16.5. The zero-order valence-corrected chi connectivity index (χ0v) is 11.1. The fraction of sp³-hybridized carbons (Fsp3) is 0.923. The number of rotatable bonds is 5. The maximum atomic E-state index is 11.8. The van der Waals surface area contributed by atoms with Crippen LogP contribution in [-0.2, 0) is 9.53 Å². The van der Waals surface area contributed by atoms with Crippen molar-refractivity contribution >= 4 is 5.91 Å². The van der Waals surface area contributed by atoms with Crippen molar-refractivity contribution in [3.05, 3.63) is 0 Å². The second kappa shape index (κ2) is 7.71. The zero-order valence-electron chi connectivity index (χ0n) is 11.1. The number of amides is 1. The molecule has 5 nitrogen and oxygen atoms in total. The molecule has 0 unspecified atom stereocenters. The Morgan fingerprint density at radius 3 is 2.89 bits per heavy atom. The highest BCUT2D eigenvalue weighted by molar-refractivity contribution is 5.81. The average Bonchev–Trinajstić information content (AvgIpc) is 2.45. The standard InChI is InChI=1S/C13H25N3O2/c17-13(12-4-1-2-5-14-12)15-6-3-7-16-8-10-18-11-9-16/h12,14H,1-11H2,(H,15,17)/t12-/m0/s1. The Morgan fingerprint density at radius 1 is 1.33 bits per heavy atom. The first-order valence-corrected chi connectivity index (χ1v) is 7.17. The topological polar surface area (TPSA) is 53.6 Å². The summed E-state index contributed by atoms with van der Waals surface area (Å²) >= 11 is 0. The molecule has 2 N–H and O–H groups in total. The van der Waals surface area contributed by atoms with Crippen molar-refractivity contribution in [2.24, 2.45) is 0 Å². The molecule has 0 spiro atoms. The van der Waals surface area contributed by atoms with Gasteiger partial charge in [-0.05, 0) is 32.4 Å². The van der Waals surface area contributed by atoms with Crippen LogP contribution in [0, 0.1) is 0 Å². The summed E-state index contributed by atoms with van der Waals surface area (Å²) in [7, 11) is 0. The number of carbonyl (C=O) groups excluding carboxylic acids is 1. The van der Waals surface area contributed by atoms with E-state index >= 15 is 0 Å². The molecule has 0 radical (unpaired) electrons. The van der Waals surface area contributed by atoms with Gasteiger partial charge in [-0.2, -0.15) is 0 Å². The molecule has 1 atom stereocenters. The first-order chi connectivity index (χ1) is 8.86. The maximum absolute atomic E-state index is 11.8. The smallest absolute Gasteiger partial charge is 0.237 e. The Bertz CT molecular complexity index is 249. The molecule has 2 heterocycles. The van der Waals surface area contributed by atoms with E-state index in [-0.39, 0.29) is 11.9 Å². The number of hydrogen-bond acceptors (Lipinski definition) is 4. The molecule has 18 heavy (non-hydrogen) atoms. The van der Waals surface area contributed by atoms with Gasteiger partial charge in [0.2, 0.25) is 5.91 Å². The zero-order chi connectivity index (χ0) is 12.6. The molecule has 2 aliphatic heterocycles. The second-order valence-electron chi connectivity index (χ2n) is 5.10. The lowest BCUT2D eigenvalue weighted by Gasteiger charge is -2.26. The number of nitrogens with one attached hydrogen (secondary N) is 2. The number of carbonyl (C=O) groups is 1. The van der Waals surface area contributed by atoms with Gasteiger partial charge in [0.05, 0.1) is 19.3 Å². The summed E-state index contributed by atoms with van der Waals surface area (Å²) < 4.78 is 5.30. The predicted octanol–water partition coefficient (Wildman–Crippen LogP) is -0.0330. The first kappa shape index (κ1) is 13.8. The Kier molecular flexibility index (Phi) is 5.90. The minimum atomic E-state index is 0.0436. The van der Waals surface area contributed by atoms with Gasteiger partial charge < -0.3 is 15.4 Å². The van der Waals surface area contributed by atoms with Gasteiger partial charge in [-0.15, -0.1) is 0 Å². The lowest BCUT2D eigenvalue weighted by molar-refractivity contribution is -0.123. The number of hydrogen-bond donors (Lipinski definition) is 2. The molecular weight excluding hydrogens is 230 g/mol. The van der Waals surface area contributed by atoms with Crippen molar-refractivity contribution in [3.63, 3.8) is 0 Å². The van der Waals surface area contributed by atoms with E-state index in [0.717, 1.165) is 58.8 Å². The highest BCUT2D eigenvalue weighted by Gasteiger charge is 2.19. The van der Waals surface area contributed by atoms with Crippen molar-refractivity contribution in [2.75, 3.05) is 45.9 Å². The molecule has 2 saturated heterocycles. The van der Waals surface area contributed by atoms with Crippen LogP contribution in [0.2, 0.25) is 0 Å². The number of nitrogens with zero attached hydrogens (tertiary/aromatic N) is 1. The van der Waals surface area contributed by atoms with E-state index < -0.39 is 0 Å². The Morgan fingerprint density at radius 2 is 2.17 bits per heavy atom. The van der Waals surface area contributed by atoms with Crippen molar-refractivity contribution in [1.82, 2.24) is 15.5 Å². The first-order valence-electron chi connectivity index (χ1n) is 7.17. The van der Waals surface area contributed by atoms with Crippen molar-refractivity contribution in [1.29, 1.82) is 0 Å². The van der Waals surface area contributed by atoms with Crippen LogP contribution in [-0.4, -0.2) is 62.8 Å². The molecule has 0 aromatic carbocycles. The van der Waals surface area contributed by atoms with E-state index in [1.807, 2.05) is 0 Å².